The number of hydrogen-bond donors (Lipinski definition) is 1. The molecule has 1 aromatic carbocycles. The summed E-state index contributed by atoms with van der Waals surface area (Å²) in [7, 11) is 0. The molecule has 1 N–H and O–H groups in total. The van der Waals surface area contributed by atoms with Crippen molar-refractivity contribution in [2.24, 2.45) is 0 Å². The average molecular weight is 354 g/mol. The van der Waals surface area contributed by atoms with Gasteiger partial charge in [-0.25, -0.2) is 0 Å². The highest BCUT2D eigenvalue weighted by atomic mass is 35.5. The zero-order valence-corrected chi connectivity index (χ0v) is 14.2. The highest BCUT2D eigenvalue weighted by Crippen LogP contribution is 2.29. The molecule has 0 aliphatic carbocycles. The normalized spacial score (nSPS) is 14.6. The Morgan fingerprint density at radius 1 is 1.39 bits per heavy atom. The molecule has 2 aromatic rings. The van der Waals surface area contributed by atoms with E-state index in [0.29, 0.717) is 29.6 Å². The lowest BCUT2D eigenvalue weighted by Crippen LogP contribution is -2.33. The maximum Gasteiger partial charge on any atom is 0.226 e. The lowest BCUT2D eigenvalue weighted by molar-refractivity contribution is -0.116. The number of carbonyl (C=O) groups is 1. The van der Waals surface area contributed by atoms with Crippen molar-refractivity contribution in [3.05, 3.63) is 45.1 Å². The topological polar surface area (TPSA) is 58.4 Å². The Kier molecular flexibility index (Phi) is 4.90. The highest BCUT2D eigenvalue weighted by Gasteiger charge is 2.19. The second kappa shape index (κ2) is 6.91. The van der Waals surface area contributed by atoms with E-state index in [1.165, 1.54) is 0 Å². The quantitative estimate of drug-likeness (QED) is 0.910. The van der Waals surface area contributed by atoms with Crippen LogP contribution in [0.15, 0.2) is 22.7 Å². The molecule has 0 saturated heterocycles. The van der Waals surface area contributed by atoms with Gasteiger partial charge in [-0.2, -0.15) is 0 Å². The van der Waals surface area contributed by atoms with E-state index in [1.54, 1.807) is 19.1 Å². The molecule has 122 valence electrons. The van der Waals surface area contributed by atoms with Crippen LogP contribution >= 0.6 is 23.2 Å². The summed E-state index contributed by atoms with van der Waals surface area (Å²) in [6, 6.07) is 5.43. The molecule has 0 spiro atoms. The van der Waals surface area contributed by atoms with Gasteiger partial charge in [0.1, 0.15) is 5.76 Å². The number of fused-ring (bicyclic) bond motifs is 1. The molecule has 5 nitrogen and oxygen atoms in total. The maximum absolute atomic E-state index is 12.0. The molecule has 0 fully saturated rings. The molecule has 3 rings (SSSR count). The molecular weight excluding hydrogens is 337 g/mol. The van der Waals surface area contributed by atoms with Crippen LogP contribution < -0.4 is 5.32 Å². The zero-order valence-electron chi connectivity index (χ0n) is 12.7. The van der Waals surface area contributed by atoms with Crippen molar-refractivity contribution < 1.29 is 9.32 Å². The molecule has 0 unspecified atom stereocenters. The molecule has 0 atom stereocenters. The van der Waals surface area contributed by atoms with E-state index in [-0.39, 0.29) is 5.91 Å². The van der Waals surface area contributed by atoms with E-state index in [2.05, 4.69) is 15.4 Å². The minimum atomic E-state index is -0.0757. The Balaban J connectivity index is 1.54. The average Bonchev–Trinajstić information content (AvgIpc) is 2.89. The summed E-state index contributed by atoms with van der Waals surface area (Å²) in [6.07, 6.45) is 1.27. The molecule has 1 aliphatic rings. The van der Waals surface area contributed by atoms with E-state index in [4.69, 9.17) is 27.7 Å². The SMILES string of the molecule is Cc1cc(NC(=O)CCN2CCc3c(Cl)cc(Cl)cc3C2)no1. The molecule has 1 aromatic heterocycles. The molecule has 23 heavy (non-hydrogen) atoms. The Hall–Kier alpha value is -1.56. The number of hydrogen-bond acceptors (Lipinski definition) is 4. The van der Waals surface area contributed by atoms with Crippen molar-refractivity contribution in [1.29, 1.82) is 0 Å². The molecule has 2 heterocycles. The summed E-state index contributed by atoms with van der Waals surface area (Å²) in [4.78, 5) is 14.2. The number of rotatable bonds is 4. The Morgan fingerprint density at radius 3 is 2.96 bits per heavy atom. The number of amides is 1. The zero-order chi connectivity index (χ0) is 16.4. The Morgan fingerprint density at radius 2 is 2.22 bits per heavy atom. The Labute approximate surface area is 144 Å². The number of nitrogens with one attached hydrogen (secondary N) is 1. The lowest BCUT2D eigenvalue weighted by Gasteiger charge is -2.29. The first-order chi connectivity index (χ1) is 11.0. The number of nitrogens with zero attached hydrogens (tertiary/aromatic N) is 2. The van der Waals surface area contributed by atoms with Crippen LogP contribution in [-0.4, -0.2) is 29.1 Å². The highest BCUT2D eigenvalue weighted by molar-refractivity contribution is 6.35. The van der Waals surface area contributed by atoms with Crippen molar-refractivity contribution in [3.8, 4) is 0 Å². The van der Waals surface area contributed by atoms with E-state index in [9.17, 15) is 4.79 Å². The summed E-state index contributed by atoms with van der Waals surface area (Å²) in [5, 5.41) is 7.85. The van der Waals surface area contributed by atoms with Crippen LogP contribution in [0.25, 0.3) is 0 Å². The number of aromatic nitrogens is 1. The van der Waals surface area contributed by atoms with E-state index in [0.717, 1.165) is 35.7 Å². The fourth-order valence-corrected chi connectivity index (χ4v) is 3.38. The summed E-state index contributed by atoms with van der Waals surface area (Å²) in [6.45, 7) is 4.09. The summed E-state index contributed by atoms with van der Waals surface area (Å²) < 4.78 is 4.92. The third-order valence-corrected chi connectivity index (χ3v) is 4.43. The molecule has 7 heteroatoms. The van der Waals surface area contributed by atoms with Crippen LogP contribution in [0.4, 0.5) is 5.82 Å². The lowest BCUT2D eigenvalue weighted by atomic mass is 9.99. The largest absolute Gasteiger partial charge is 0.360 e. The number of aryl methyl sites for hydroxylation is 1. The minimum absolute atomic E-state index is 0.0757. The molecule has 0 radical (unpaired) electrons. The van der Waals surface area contributed by atoms with Crippen LogP contribution in [0.3, 0.4) is 0 Å². The van der Waals surface area contributed by atoms with Gasteiger partial charge in [0.25, 0.3) is 0 Å². The van der Waals surface area contributed by atoms with Crippen LogP contribution in [0.1, 0.15) is 23.3 Å². The first-order valence-corrected chi connectivity index (χ1v) is 8.19. The van der Waals surface area contributed by atoms with Gasteiger partial charge in [0.15, 0.2) is 5.82 Å². The second-order valence-electron chi connectivity index (χ2n) is 5.67. The number of carbonyl (C=O) groups excluding carboxylic acids is 1. The van der Waals surface area contributed by atoms with Crippen LogP contribution in [0.2, 0.25) is 10.0 Å². The van der Waals surface area contributed by atoms with Crippen molar-refractivity contribution in [2.75, 3.05) is 18.4 Å². The monoisotopic (exact) mass is 353 g/mol. The van der Waals surface area contributed by atoms with E-state index in [1.807, 2.05) is 6.07 Å². The minimum Gasteiger partial charge on any atom is -0.360 e. The van der Waals surface area contributed by atoms with Gasteiger partial charge in [0.05, 0.1) is 0 Å². The van der Waals surface area contributed by atoms with Gasteiger partial charge in [0, 0.05) is 42.2 Å². The van der Waals surface area contributed by atoms with Gasteiger partial charge in [-0.3, -0.25) is 9.69 Å². The summed E-state index contributed by atoms with van der Waals surface area (Å²) in [5.41, 5.74) is 2.30. The number of anilines is 1. The second-order valence-corrected chi connectivity index (χ2v) is 6.52. The molecule has 1 aliphatic heterocycles. The van der Waals surface area contributed by atoms with E-state index >= 15 is 0 Å². The molecule has 0 saturated carbocycles. The van der Waals surface area contributed by atoms with Gasteiger partial charge in [-0.15, -0.1) is 0 Å². The van der Waals surface area contributed by atoms with Crippen molar-refractivity contribution in [2.45, 2.75) is 26.3 Å². The smallest absolute Gasteiger partial charge is 0.226 e. The van der Waals surface area contributed by atoms with Gasteiger partial charge in [-0.05, 0) is 36.6 Å². The third kappa shape index (κ3) is 4.05. The van der Waals surface area contributed by atoms with Crippen LogP contribution in [0, 0.1) is 6.92 Å². The van der Waals surface area contributed by atoms with Crippen molar-refractivity contribution in [3.63, 3.8) is 0 Å². The number of halogens is 2. The van der Waals surface area contributed by atoms with Gasteiger partial charge in [-0.1, -0.05) is 28.4 Å². The standard InChI is InChI=1S/C16H17Cl2N3O2/c1-10-6-15(20-23-10)19-16(22)3-5-21-4-2-13-11(9-21)7-12(17)8-14(13)18/h6-8H,2-5,9H2,1H3,(H,19,20,22). The van der Waals surface area contributed by atoms with Crippen LogP contribution in [-0.2, 0) is 17.8 Å². The predicted octanol–water partition coefficient (Wildman–Crippen LogP) is 3.68. The fourth-order valence-electron chi connectivity index (χ4n) is 2.75. The molecule has 0 bridgehead atoms. The first-order valence-electron chi connectivity index (χ1n) is 7.43. The summed E-state index contributed by atoms with van der Waals surface area (Å²) >= 11 is 12.3. The molecular formula is C16H17Cl2N3O2. The van der Waals surface area contributed by atoms with Gasteiger partial charge < -0.3 is 9.84 Å². The molecule has 1 amide bonds. The maximum atomic E-state index is 12.0. The summed E-state index contributed by atoms with van der Waals surface area (Å²) in [5.74, 6) is 1.05. The first kappa shape index (κ1) is 16.3. The van der Waals surface area contributed by atoms with Gasteiger partial charge >= 0.3 is 0 Å². The van der Waals surface area contributed by atoms with E-state index < -0.39 is 0 Å². The number of benzene rings is 1. The Bertz CT molecular complexity index is 730. The van der Waals surface area contributed by atoms with Crippen LogP contribution in [0.5, 0.6) is 0 Å². The third-order valence-electron chi connectivity index (χ3n) is 3.88. The predicted molar refractivity (Wildman–Crippen MR) is 89.9 cm³/mol. The van der Waals surface area contributed by atoms with Gasteiger partial charge in [0.2, 0.25) is 5.91 Å². The fraction of sp³-hybridized carbons (Fsp3) is 0.375. The van der Waals surface area contributed by atoms with Crippen molar-refractivity contribution in [1.82, 2.24) is 10.1 Å². The van der Waals surface area contributed by atoms with Crippen molar-refractivity contribution >= 4 is 34.9 Å².